The van der Waals surface area contributed by atoms with Crippen LogP contribution in [-0.4, -0.2) is 65.9 Å². The van der Waals surface area contributed by atoms with E-state index in [2.05, 4.69) is 34.6 Å². The lowest BCUT2D eigenvalue weighted by Gasteiger charge is -2.42. The molecule has 1 saturated heterocycles. The van der Waals surface area contributed by atoms with Crippen molar-refractivity contribution in [2.45, 2.75) is 76.5 Å². The minimum absolute atomic E-state index is 0.00878. The summed E-state index contributed by atoms with van der Waals surface area (Å²) in [7, 11) is 0. The first kappa shape index (κ1) is 27.2. The van der Waals surface area contributed by atoms with Gasteiger partial charge in [-0.2, -0.15) is 0 Å². The molecule has 2 N–H and O–H groups in total. The third-order valence-electron chi connectivity index (χ3n) is 8.90. The van der Waals surface area contributed by atoms with Gasteiger partial charge in [-0.25, -0.2) is 0 Å². The number of carbonyl (C=O) groups excluding carboxylic acids is 2. The number of piperazine rings is 1. The van der Waals surface area contributed by atoms with Crippen LogP contribution in [0.2, 0.25) is 5.02 Å². The number of amides is 2. The number of hydrogen-bond acceptors (Lipinski definition) is 4. The Labute approximate surface area is 232 Å². The molecular weight excluding hydrogens is 496 g/mol. The first-order chi connectivity index (χ1) is 18.5. The molecule has 7 heteroatoms. The predicted molar refractivity (Wildman–Crippen MR) is 152 cm³/mol. The number of hydrogen-bond donors (Lipinski definition) is 2. The average Bonchev–Trinajstić information content (AvgIpc) is 2.97. The molecule has 3 aliphatic rings. The topological polar surface area (TPSA) is 64.7 Å². The van der Waals surface area contributed by atoms with E-state index in [0.717, 1.165) is 24.6 Å². The second-order valence-electron chi connectivity index (χ2n) is 11.3. The Kier molecular flexibility index (Phi) is 9.03. The highest BCUT2D eigenvalue weighted by Gasteiger charge is 2.34. The monoisotopic (exact) mass is 536 g/mol. The molecule has 6 nitrogen and oxygen atoms in total. The predicted octanol–water partition coefficient (Wildman–Crippen LogP) is 4.19. The van der Waals surface area contributed by atoms with Crippen molar-refractivity contribution in [2.24, 2.45) is 5.92 Å². The molecule has 3 unspecified atom stereocenters. The van der Waals surface area contributed by atoms with E-state index in [9.17, 15) is 9.59 Å². The zero-order chi connectivity index (χ0) is 26.5. The van der Waals surface area contributed by atoms with Gasteiger partial charge in [-0.3, -0.25) is 14.5 Å². The van der Waals surface area contributed by atoms with Gasteiger partial charge in [0.25, 0.3) is 0 Å². The molecule has 2 aliphatic heterocycles. The molecule has 2 aromatic rings. The van der Waals surface area contributed by atoms with Crippen LogP contribution in [0.5, 0.6) is 0 Å². The zero-order valence-corrected chi connectivity index (χ0v) is 23.3. The first-order valence-corrected chi connectivity index (χ1v) is 14.7. The van der Waals surface area contributed by atoms with Crippen LogP contribution in [0.4, 0.5) is 0 Å². The number of fused-ring (bicyclic) bond motifs is 1. The summed E-state index contributed by atoms with van der Waals surface area (Å²) >= 11 is 6.10. The van der Waals surface area contributed by atoms with Crippen molar-refractivity contribution in [3.05, 3.63) is 70.2 Å². The minimum atomic E-state index is -0.607. The maximum absolute atomic E-state index is 13.8. The molecule has 2 aromatic carbocycles. The van der Waals surface area contributed by atoms with Gasteiger partial charge in [-0.1, -0.05) is 67.3 Å². The Morgan fingerprint density at radius 2 is 1.66 bits per heavy atom. The molecule has 5 rings (SSSR count). The second-order valence-corrected chi connectivity index (χ2v) is 11.7. The molecule has 1 saturated carbocycles. The fourth-order valence-electron chi connectivity index (χ4n) is 6.45. The van der Waals surface area contributed by atoms with Gasteiger partial charge in [0.1, 0.15) is 6.04 Å². The van der Waals surface area contributed by atoms with E-state index in [0.29, 0.717) is 43.5 Å². The molecule has 2 fully saturated rings. The van der Waals surface area contributed by atoms with E-state index in [1.807, 2.05) is 41.3 Å². The number of halogens is 1. The van der Waals surface area contributed by atoms with Crippen molar-refractivity contribution in [2.75, 3.05) is 26.2 Å². The molecular formula is C31H41ClN4O2. The summed E-state index contributed by atoms with van der Waals surface area (Å²) in [6, 6.07) is 15.4. The minimum Gasteiger partial charge on any atom is -0.343 e. The standard InChI is InChI=1S/C31H41ClN4O2/c1-22(24-7-3-2-4-8-24)35-15-17-36(18-16-35)31(38)29(19-23-11-13-27(32)14-12-23)34-30(37)28-20-25-9-5-6-10-26(25)21-33-28/h5-6,9-14,22,24,28-29,33H,2-4,7-8,15-21H2,1H3,(H,34,37). The Hall–Kier alpha value is -2.41. The van der Waals surface area contributed by atoms with E-state index in [-0.39, 0.29) is 17.9 Å². The quantitative estimate of drug-likeness (QED) is 0.557. The van der Waals surface area contributed by atoms with Crippen LogP contribution < -0.4 is 10.6 Å². The molecule has 0 spiro atoms. The lowest BCUT2D eigenvalue weighted by atomic mass is 9.84. The fraction of sp³-hybridized carbons (Fsp3) is 0.548. The molecule has 1 aliphatic carbocycles. The van der Waals surface area contributed by atoms with Crippen molar-refractivity contribution >= 4 is 23.4 Å². The van der Waals surface area contributed by atoms with Crippen LogP contribution in [0.1, 0.15) is 55.7 Å². The molecule has 0 bridgehead atoms. The molecule has 2 heterocycles. The summed E-state index contributed by atoms with van der Waals surface area (Å²) in [5.74, 6) is 0.668. The first-order valence-electron chi connectivity index (χ1n) is 14.4. The van der Waals surface area contributed by atoms with Gasteiger partial charge in [0.05, 0.1) is 6.04 Å². The number of rotatable bonds is 7. The van der Waals surface area contributed by atoms with Gasteiger partial charge in [-0.05, 0) is 60.9 Å². The van der Waals surface area contributed by atoms with Crippen LogP contribution >= 0.6 is 11.6 Å². The summed E-state index contributed by atoms with van der Waals surface area (Å²) in [4.78, 5) is 31.7. The molecule has 0 radical (unpaired) electrons. The molecule has 0 aromatic heterocycles. The maximum Gasteiger partial charge on any atom is 0.245 e. The molecule has 3 atom stereocenters. The third kappa shape index (κ3) is 6.59. The summed E-state index contributed by atoms with van der Waals surface area (Å²) in [5, 5.41) is 7.14. The zero-order valence-electron chi connectivity index (χ0n) is 22.5. The van der Waals surface area contributed by atoms with Crippen LogP contribution in [0.15, 0.2) is 48.5 Å². The van der Waals surface area contributed by atoms with E-state index in [4.69, 9.17) is 11.6 Å². The Morgan fingerprint density at radius 3 is 2.37 bits per heavy atom. The SMILES string of the molecule is CC(C1CCCCC1)N1CCN(C(=O)C(Cc2ccc(Cl)cc2)NC(=O)C2Cc3ccccc3CN2)CC1. The van der Waals surface area contributed by atoms with E-state index in [1.54, 1.807) is 0 Å². The molecule has 2 amide bonds. The van der Waals surface area contributed by atoms with Gasteiger partial charge in [0.15, 0.2) is 0 Å². The van der Waals surface area contributed by atoms with E-state index in [1.165, 1.54) is 43.2 Å². The maximum atomic E-state index is 13.8. The smallest absolute Gasteiger partial charge is 0.245 e. The highest BCUT2D eigenvalue weighted by atomic mass is 35.5. The Morgan fingerprint density at radius 1 is 0.974 bits per heavy atom. The normalized spacial score (nSPS) is 22.4. The van der Waals surface area contributed by atoms with Gasteiger partial charge in [0, 0.05) is 50.2 Å². The second kappa shape index (κ2) is 12.6. The largest absolute Gasteiger partial charge is 0.343 e. The van der Waals surface area contributed by atoms with Gasteiger partial charge in [0.2, 0.25) is 11.8 Å². The number of nitrogens with one attached hydrogen (secondary N) is 2. The van der Waals surface area contributed by atoms with E-state index < -0.39 is 6.04 Å². The van der Waals surface area contributed by atoms with Crippen LogP contribution in [0.3, 0.4) is 0 Å². The third-order valence-corrected chi connectivity index (χ3v) is 9.15. The van der Waals surface area contributed by atoms with Crippen LogP contribution in [-0.2, 0) is 29.0 Å². The summed E-state index contributed by atoms with van der Waals surface area (Å²) < 4.78 is 0. The van der Waals surface area contributed by atoms with Gasteiger partial charge in [-0.15, -0.1) is 0 Å². The average molecular weight is 537 g/mol. The van der Waals surface area contributed by atoms with Crippen LogP contribution in [0, 0.1) is 5.92 Å². The van der Waals surface area contributed by atoms with E-state index >= 15 is 0 Å². The number of benzene rings is 2. The Balaban J connectivity index is 1.23. The van der Waals surface area contributed by atoms with Crippen molar-refractivity contribution in [3.63, 3.8) is 0 Å². The molecule has 38 heavy (non-hydrogen) atoms. The highest BCUT2D eigenvalue weighted by molar-refractivity contribution is 6.30. The number of carbonyl (C=O) groups is 2. The summed E-state index contributed by atoms with van der Waals surface area (Å²) in [6.45, 7) is 6.23. The summed E-state index contributed by atoms with van der Waals surface area (Å²) in [5.41, 5.74) is 3.40. The highest BCUT2D eigenvalue weighted by Crippen LogP contribution is 2.29. The van der Waals surface area contributed by atoms with Gasteiger partial charge >= 0.3 is 0 Å². The Bertz CT molecular complexity index is 1090. The van der Waals surface area contributed by atoms with Crippen molar-refractivity contribution < 1.29 is 9.59 Å². The van der Waals surface area contributed by atoms with Crippen LogP contribution in [0.25, 0.3) is 0 Å². The van der Waals surface area contributed by atoms with Crippen molar-refractivity contribution in [1.82, 2.24) is 20.4 Å². The lowest BCUT2D eigenvalue weighted by Crippen LogP contribution is -2.59. The van der Waals surface area contributed by atoms with Gasteiger partial charge < -0.3 is 15.5 Å². The van der Waals surface area contributed by atoms with Crippen molar-refractivity contribution in [3.8, 4) is 0 Å². The fourth-order valence-corrected chi connectivity index (χ4v) is 6.58. The van der Waals surface area contributed by atoms with Crippen molar-refractivity contribution in [1.29, 1.82) is 0 Å². The number of nitrogens with zero attached hydrogens (tertiary/aromatic N) is 2. The lowest BCUT2D eigenvalue weighted by molar-refractivity contribution is -0.138. The summed E-state index contributed by atoms with van der Waals surface area (Å²) in [6.07, 6.45) is 7.80. The molecule has 204 valence electrons.